The van der Waals surface area contributed by atoms with Gasteiger partial charge in [0.25, 0.3) is 0 Å². The third-order valence-electron chi connectivity index (χ3n) is 3.31. The van der Waals surface area contributed by atoms with Gasteiger partial charge < -0.3 is 4.90 Å². The summed E-state index contributed by atoms with van der Waals surface area (Å²) in [7, 11) is -2.98. The number of thioether (sulfide) groups is 1. The molecule has 7 heteroatoms. The molecular formula is C14H18ClNO3S2. The Morgan fingerprint density at radius 1 is 1.38 bits per heavy atom. The van der Waals surface area contributed by atoms with E-state index >= 15 is 0 Å². The molecule has 0 bridgehead atoms. The van der Waals surface area contributed by atoms with Gasteiger partial charge in [-0.05, 0) is 25.0 Å². The van der Waals surface area contributed by atoms with Crippen LogP contribution in [0, 0.1) is 0 Å². The van der Waals surface area contributed by atoms with Crippen LogP contribution in [0.1, 0.15) is 12.8 Å². The Kier molecular flexibility index (Phi) is 5.57. The van der Waals surface area contributed by atoms with E-state index in [4.69, 9.17) is 11.6 Å². The largest absolute Gasteiger partial charge is 0.310 e. The van der Waals surface area contributed by atoms with Crippen molar-refractivity contribution >= 4 is 44.8 Å². The number of benzene rings is 1. The average molecular weight is 348 g/mol. The molecule has 1 fully saturated rings. The molecule has 116 valence electrons. The van der Waals surface area contributed by atoms with Crippen molar-refractivity contribution in [1.82, 2.24) is 0 Å². The Bertz CT molecular complexity index is 618. The number of rotatable bonds is 5. The second-order valence-corrected chi connectivity index (χ2v) is 9.05. The highest BCUT2D eigenvalue weighted by atomic mass is 35.5. The summed E-state index contributed by atoms with van der Waals surface area (Å²) < 4.78 is 22.3. The molecule has 21 heavy (non-hydrogen) atoms. The van der Waals surface area contributed by atoms with Gasteiger partial charge in [-0.25, -0.2) is 8.42 Å². The third-order valence-corrected chi connectivity index (χ3v) is 6.11. The van der Waals surface area contributed by atoms with E-state index in [0.717, 1.165) is 18.5 Å². The van der Waals surface area contributed by atoms with Gasteiger partial charge in [-0.15, -0.1) is 11.8 Å². The first-order chi connectivity index (χ1) is 9.88. The number of halogens is 1. The quantitative estimate of drug-likeness (QED) is 0.821. The fourth-order valence-corrected chi connectivity index (χ4v) is 4.97. The van der Waals surface area contributed by atoms with Crippen molar-refractivity contribution in [2.24, 2.45) is 0 Å². The van der Waals surface area contributed by atoms with Crippen LogP contribution >= 0.6 is 23.4 Å². The normalized spacial score (nSPS) is 19.8. The summed E-state index contributed by atoms with van der Waals surface area (Å²) in [5.74, 6) is 0.576. The van der Waals surface area contributed by atoms with E-state index in [-0.39, 0.29) is 16.9 Å². The summed E-state index contributed by atoms with van der Waals surface area (Å²) >= 11 is 7.58. The Morgan fingerprint density at radius 2 is 2.10 bits per heavy atom. The molecule has 4 nitrogen and oxygen atoms in total. The standard InChI is InChI=1S/C14H18ClNO3S2/c1-21(18,19)10-9-20-13-7-4-8-16(14(13)17)12-6-3-2-5-11(12)15/h2-3,5-6,13H,4,7-10H2,1H3. The zero-order valence-electron chi connectivity index (χ0n) is 11.8. The Morgan fingerprint density at radius 3 is 2.76 bits per heavy atom. The first-order valence-electron chi connectivity index (χ1n) is 6.74. The predicted octanol–water partition coefficient (Wildman–Crippen LogP) is 2.61. The number of carbonyl (C=O) groups is 1. The fraction of sp³-hybridized carbons (Fsp3) is 0.500. The number of nitrogens with zero attached hydrogens (tertiary/aromatic N) is 1. The maximum atomic E-state index is 12.5. The highest BCUT2D eigenvalue weighted by molar-refractivity contribution is 8.01. The average Bonchev–Trinajstić information content (AvgIpc) is 2.40. The smallest absolute Gasteiger partial charge is 0.240 e. The third kappa shape index (κ3) is 4.63. The molecule has 1 aromatic carbocycles. The monoisotopic (exact) mass is 347 g/mol. The van der Waals surface area contributed by atoms with Crippen molar-refractivity contribution in [2.45, 2.75) is 18.1 Å². The molecule has 1 aromatic rings. The van der Waals surface area contributed by atoms with Crippen molar-refractivity contribution in [3.63, 3.8) is 0 Å². The Hall–Kier alpha value is -0.720. The lowest BCUT2D eigenvalue weighted by molar-refractivity contribution is -0.119. The highest BCUT2D eigenvalue weighted by Crippen LogP contribution is 2.31. The predicted molar refractivity (Wildman–Crippen MR) is 89.0 cm³/mol. The maximum absolute atomic E-state index is 12.5. The van der Waals surface area contributed by atoms with Gasteiger partial charge in [-0.3, -0.25) is 4.79 Å². The summed E-state index contributed by atoms with van der Waals surface area (Å²) in [5, 5.41) is 0.379. The second-order valence-electron chi connectivity index (χ2n) is 5.07. The Labute approximate surface area is 134 Å². The van der Waals surface area contributed by atoms with Crippen LogP contribution in [0.3, 0.4) is 0 Å². The van der Waals surface area contributed by atoms with Crippen LogP contribution in [-0.2, 0) is 14.6 Å². The molecule has 0 saturated carbocycles. The molecule has 1 saturated heterocycles. The number of sulfone groups is 1. The van der Waals surface area contributed by atoms with Crippen molar-refractivity contribution in [1.29, 1.82) is 0 Å². The lowest BCUT2D eigenvalue weighted by Gasteiger charge is -2.32. The minimum Gasteiger partial charge on any atom is -0.310 e. The summed E-state index contributed by atoms with van der Waals surface area (Å²) in [6.07, 6.45) is 2.90. The molecule has 1 atom stereocenters. The molecule has 1 unspecified atom stereocenters. The zero-order valence-corrected chi connectivity index (χ0v) is 14.2. The van der Waals surface area contributed by atoms with Crippen molar-refractivity contribution < 1.29 is 13.2 Å². The molecule has 0 aliphatic carbocycles. The van der Waals surface area contributed by atoms with E-state index in [1.165, 1.54) is 18.0 Å². The minimum absolute atomic E-state index is 0.0212. The number of hydrogen-bond donors (Lipinski definition) is 0. The first kappa shape index (κ1) is 16.6. The van der Waals surface area contributed by atoms with Crippen LogP contribution in [0.5, 0.6) is 0 Å². The lowest BCUT2D eigenvalue weighted by atomic mass is 10.1. The van der Waals surface area contributed by atoms with Crippen molar-refractivity contribution in [3.8, 4) is 0 Å². The lowest BCUT2D eigenvalue weighted by Crippen LogP contribution is -2.43. The van der Waals surface area contributed by atoms with Crippen LogP contribution in [0.15, 0.2) is 24.3 Å². The van der Waals surface area contributed by atoms with Crippen LogP contribution in [-0.4, -0.2) is 43.9 Å². The zero-order chi connectivity index (χ0) is 15.5. The van der Waals surface area contributed by atoms with Crippen molar-refractivity contribution in [2.75, 3.05) is 29.2 Å². The van der Waals surface area contributed by atoms with Crippen LogP contribution in [0.2, 0.25) is 5.02 Å². The molecule has 2 rings (SSSR count). The van der Waals surface area contributed by atoms with E-state index < -0.39 is 9.84 Å². The number of piperidine rings is 1. The number of para-hydroxylation sites is 1. The topological polar surface area (TPSA) is 54.5 Å². The molecule has 1 heterocycles. The molecule has 0 spiro atoms. The van der Waals surface area contributed by atoms with Gasteiger partial charge in [0.05, 0.1) is 21.7 Å². The van der Waals surface area contributed by atoms with Gasteiger partial charge in [0.15, 0.2) is 0 Å². The van der Waals surface area contributed by atoms with Gasteiger partial charge in [0, 0.05) is 18.6 Å². The SMILES string of the molecule is CS(=O)(=O)CCSC1CCCN(c2ccccc2Cl)C1=O. The second kappa shape index (κ2) is 7.03. The number of anilines is 1. The summed E-state index contributed by atoms with van der Waals surface area (Å²) in [4.78, 5) is 14.2. The number of carbonyl (C=O) groups excluding carboxylic acids is 1. The van der Waals surface area contributed by atoms with E-state index in [1.54, 1.807) is 11.0 Å². The minimum atomic E-state index is -2.98. The van der Waals surface area contributed by atoms with Gasteiger partial charge in [0.1, 0.15) is 9.84 Å². The first-order valence-corrected chi connectivity index (χ1v) is 10.2. The van der Waals surface area contributed by atoms with E-state index in [9.17, 15) is 13.2 Å². The van der Waals surface area contributed by atoms with Gasteiger partial charge in [0.2, 0.25) is 5.91 Å². The van der Waals surface area contributed by atoms with Gasteiger partial charge >= 0.3 is 0 Å². The van der Waals surface area contributed by atoms with Crippen LogP contribution < -0.4 is 4.90 Å². The highest BCUT2D eigenvalue weighted by Gasteiger charge is 2.30. The van der Waals surface area contributed by atoms with E-state index in [1.807, 2.05) is 18.2 Å². The van der Waals surface area contributed by atoms with Crippen molar-refractivity contribution in [3.05, 3.63) is 29.3 Å². The molecular weight excluding hydrogens is 330 g/mol. The molecule has 1 aliphatic heterocycles. The molecule has 1 amide bonds. The molecule has 0 radical (unpaired) electrons. The maximum Gasteiger partial charge on any atom is 0.240 e. The molecule has 1 aliphatic rings. The summed E-state index contributed by atoms with van der Waals surface area (Å²) in [5.41, 5.74) is 0.734. The summed E-state index contributed by atoms with van der Waals surface area (Å²) in [6, 6.07) is 7.29. The van der Waals surface area contributed by atoms with Crippen LogP contribution in [0.4, 0.5) is 5.69 Å². The van der Waals surface area contributed by atoms with E-state index in [2.05, 4.69) is 0 Å². The van der Waals surface area contributed by atoms with Crippen LogP contribution in [0.25, 0.3) is 0 Å². The fourth-order valence-electron chi connectivity index (χ4n) is 2.25. The van der Waals surface area contributed by atoms with Gasteiger partial charge in [-0.2, -0.15) is 0 Å². The molecule has 0 aromatic heterocycles. The Balaban J connectivity index is 2.03. The van der Waals surface area contributed by atoms with Gasteiger partial charge in [-0.1, -0.05) is 23.7 Å². The summed E-state index contributed by atoms with van der Waals surface area (Å²) in [6.45, 7) is 0.658. The number of hydrogen-bond acceptors (Lipinski definition) is 4. The number of amides is 1. The van der Waals surface area contributed by atoms with E-state index in [0.29, 0.717) is 17.3 Å². The molecule has 0 N–H and O–H groups in total.